The molecule has 0 aliphatic carbocycles. The van der Waals surface area contributed by atoms with Gasteiger partial charge in [0.05, 0.1) is 0 Å². The molecular weight excluding hydrogens is 242 g/mol. The summed E-state index contributed by atoms with van der Waals surface area (Å²) in [4.78, 5) is 10.7. The normalized spacial score (nSPS) is 10.6. The minimum absolute atomic E-state index is 0.0433. The van der Waals surface area contributed by atoms with Crippen molar-refractivity contribution in [3.05, 3.63) is 41.5 Å². The van der Waals surface area contributed by atoms with E-state index in [4.69, 9.17) is 0 Å². The molecule has 0 unspecified atom stereocenters. The summed E-state index contributed by atoms with van der Waals surface area (Å²) in [5.74, 6) is -2.67. The summed E-state index contributed by atoms with van der Waals surface area (Å²) < 4.78 is 31.4. The van der Waals surface area contributed by atoms with Gasteiger partial charge in [0.1, 0.15) is 12.4 Å². The smallest absolute Gasteiger partial charge is 0.302 e. The minimum atomic E-state index is -0.908. The SMILES string of the molecule is CC(=O)OCc1cc2ccc(F)cc2c(O)c1F. The van der Waals surface area contributed by atoms with Crippen LogP contribution in [0.2, 0.25) is 0 Å². The zero-order valence-corrected chi connectivity index (χ0v) is 9.54. The Hall–Kier alpha value is -2.17. The van der Waals surface area contributed by atoms with Crippen LogP contribution in [0.4, 0.5) is 8.78 Å². The van der Waals surface area contributed by atoms with Gasteiger partial charge in [-0.05, 0) is 23.6 Å². The first-order valence-corrected chi connectivity index (χ1v) is 5.22. The van der Waals surface area contributed by atoms with Crippen LogP contribution in [0, 0.1) is 11.6 Å². The number of ether oxygens (including phenoxy) is 1. The van der Waals surface area contributed by atoms with Crippen LogP contribution in [-0.4, -0.2) is 11.1 Å². The van der Waals surface area contributed by atoms with Gasteiger partial charge in [0, 0.05) is 17.9 Å². The first-order valence-electron chi connectivity index (χ1n) is 5.22. The van der Waals surface area contributed by atoms with Crippen molar-refractivity contribution < 1.29 is 23.4 Å². The van der Waals surface area contributed by atoms with Crippen LogP contribution >= 0.6 is 0 Å². The molecule has 0 aliphatic heterocycles. The summed E-state index contributed by atoms with van der Waals surface area (Å²) in [6.07, 6.45) is 0. The molecule has 0 bridgehead atoms. The number of fused-ring (bicyclic) bond motifs is 1. The summed E-state index contributed by atoms with van der Waals surface area (Å²) in [6.45, 7) is 0.927. The Morgan fingerprint density at radius 1 is 1.33 bits per heavy atom. The number of phenols is 1. The lowest BCUT2D eigenvalue weighted by Crippen LogP contribution is -2.01. The van der Waals surface area contributed by atoms with Crippen LogP contribution in [0.25, 0.3) is 10.8 Å². The van der Waals surface area contributed by atoms with Gasteiger partial charge in [0.15, 0.2) is 11.6 Å². The summed E-state index contributed by atoms with van der Waals surface area (Å²) in [5, 5.41) is 10.2. The Bertz CT molecular complexity index is 623. The second kappa shape index (κ2) is 4.60. The molecule has 0 aliphatic rings. The number of benzene rings is 2. The molecule has 94 valence electrons. The molecule has 0 saturated heterocycles. The van der Waals surface area contributed by atoms with Gasteiger partial charge in [-0.1, -0.05) is 6.07 Å². The van der Waals surface area contributed by atoms with E-state index in [1.165, 1.54) is 25.1 Å². The fraction of sp³-hybridized carbons (Fsp3) is 0.154. The molecule has 0 aromatic heterocycles. The van der Waals surface area contributed by atoms with Gasteiger partial charge in [-0.25, -0.2) is 8.78 Å². The molecule has 2 aromatic carbocycles. The van der Waals surface area contributed by atoms with Crippen LogP contribution in [0.3, 0.4) is 0 Å². The summed E-state index contributed by atoms with van der Waals surface area (Å²) in [7, 11) is 0. The highest BCUT2D eigenvalue weighted by Gasteiger charge is 2.14. The molecule has 0 atom stereocenters. The number of aromatic hydroxyl groups is 1. The van der Waals surface area contributed by atoms with Crippen molar-refractivity contribution in [1.82, 2.24) is 0 Å². The van der Waals surface area contributed by atoms with Gasteiger partial charge in [0.25, 0.3) is 0 Å². The topological polar surface area (TPSA) is 46.5 Å². The van der Waals surface area contributed by atoms with Gasteiger partial charge in [-0.3, -0.25) is 4.79 Å². The van der Waals surface area contributed by atoms with Crippen molar-refractivity contribution in [2.75, 3.05) is 0 Å². The van der Waals surface area contributed by atoms with Gasteiger partial charge in [-0.15, -0.1) is 0 Å². The highest BCUT2D eigenvalue weighted by molar-refractivity contribution is 5.89. The molecule has 0 spiro atoms. The maximum absolute atomic E-state index is 13.7. The number of carbonyl (C=O) groups is 1. The second-order valence-electron chi connectivity index (χ2n) is 3.84. The standard InChI is InChI=1S/C13H10F2O3/c1-7(16)18-6-9-4-8-2-3-10(14)5-11(8)13(17)12(9)15/h2-5,17H,6H2,1H3. The first-order chi connectivity index (χ1) is 8.49. The Balaban J connectivity index is 2.53. The molecule has 2 rings (SSSR count). The Morgan fingerprint density at radius 2 is 2.06 bits per heavy atom. The number of hydrogen-bond donors (Lipinski definition) is 1. The number of hydrogen-bond acceptors (Lipinski definition) is 3. The quantitative estimate of drug-likeness (QED) is 0.836. The van der Waals surface area contributed by atoms with E-state index in [1.807, 2.05) is 0 Å². The number of halogens is 2. The number of esters is 1. The number of rotatable bonds is 2. The predicted octanol–water partition coefficient (Wildman–Crippen LogP) is 2.89. The summed E-state index contributed by atoms with van der Waals surface area (Å²) >= 11 is 0. The van der Waals surface area contributed by atoms with E-state index in [1.54, 1.807) is 0 Å². The van der Waals surface area contributed by atoms with Gasteiger partial charge in [-0.2, -0.15) is 0 Å². The number of phenolic OH excluding ortho intramolecular Hbond substituents is 1. The molecule has 0 radical (unpaired) electrons. The van der Waals surface area contributed by atoms with Crippen molar-refractivity contribution in [2.45, 2.75) is 13.5 Å². The van der Waals surface area contributed by atoms with E-state index >= 15 is 0 Å². The van der Waals surface area contributed by atoms with Gasteiger partial charge >= 0.3 is 5.97 Å². The van der Waals surface area contributed by atoms with E-state index in [2.05, 4.69) is 4.74 Å². The molecule has 0 saturated carbocycles. The molecule has 3 nitrogen and oxygen atoms in total. The summed E-state index contributed by atoms with van der Waals surface area (Å²) in [5.41, 5.74) is 0.0433. The molecule has 1 N–H and O–H groups in total. The fourth-order valence-corrected chi connectivity index (χ4v) is 1.67. The van der Waals surface area contributed by atoms with Crippen LogP contribution < -0.4 is 0 Å². The summed E-state index contributed by atoms with van der Waals surface area (Å²) in [6, 6.07) is 5.08. The van der Waals surface area contributed by atoms with Gasteiger partial charge in [0.2, 0.25) is 0 Å². The van der Waals surface area contributed by atoms with E-state index in [-0.39, 0.29) is 17.6 Å². The zero-order valence-electron chi connectivity index (χ0n) is 9.54. The highest BCUT2D eigenvalue weighted by atomic mass is 19.1. The third kappa shape index (κ3) is 2.25. The van der Waals surface area contributed by atoms with Crippen molar-refractivity contribution in [1.29, 1.82) is 0 Å². The van der Waals surface area contributed by atoms with Gasteiger partial charge < -0.3 is 9.84 Å². The lowest BCUT2D eigenvalue weighted by molar-refractivity contribution is -0.142. The van der Waals surface area contributed by atoms with Crippen LogP contribution in [-0.2, 0) is 16.1 Å². The molecule has 2 aromatic rings. The molecule has 0 fully saturated rings. The van der Waals surface area contributed by atoms with Crippen molar-refractivity contribution in [2.24, 2.45) is 0 Å². The molecule has 18 heavy (non-hydrogen) atoms. The van der Waals surface area contributed by atoms with Crippen molar-refractivity contribution in [3.63, 3.8) is 0 Å². The zero-order chi connectivity index (χ0) is 13.3. The molecule has 5 heteroatoms. The maximum atomic E-state index is 13.7. The van der Waals surface area contributed by atoms with E-state index in [9.17, 15) is 18.7 Å². The largest absolute Gasteiger partial charge is 0.504 e. The predicted molar refractivity (Wildman–Crippen MR) is 61.0 cm³/mol. The third-order valence-corrected chi connectivity index (χ3v) is 2.52. The fourth-order valence-electron chi connectivity index (χ4n) is 1.67. The lowest BCUT2D eigenvalue weighted by Gasteiger charge is -2.08. The Labute approximate surface area is 102 Å². The Morgan fingerprint density at radius 3 is 2.72 bits per heavy atom. The van der Waals surface area contributed by atoms with E-state index in [0.29, 0.717) is 5.39 Å². The van der Waals surface area contributed by atoms with Crippen molar-refractivity contribution >= 4 is 16.7 Å². The van der Waals surface area contributed by atoms with Crippen LogP contribution in [0.5, 0.6) is 5.75 Å². The van der Waals surface area contributed by atoms with E-state index in [0.717, 1.165) is 6.07 Å². The number of carbonyl (C=O) groups excluding carboxylic acids is 1. The minimum Gasteiger partial charge on any atom is -0.504 e. The molecular formula is C13H10F2O3. The third-order valence-electron chi connectivity index (χ3n) is 2.52. The average molecular weight is 252 g/mol. The van der Waals surface area contributed by atoms with E-state index < -0.39 is 23.4 Å². The monoisotopic (exact) mass is 252 g/mol. The van der Waals surface area contributed by atoms with Crippen molar-refractivity contribution in [3.8, 4) is 5.75 Å². The molecule has 0 amide bonds. The molecule has 0 heterocycles. The first kappa shape index (κ1) is 12.3. The Kier molecular flexibility index (Phi) is 3.14. The van der Waals surface area contributed by atoms with Crippen LogP contribution in [0.1, 0.15) is 12.5 Å². The average Bonchev–Trinajstić information content (AvgIpc) is 2.32. The van der Waals surface area contributed by atoms with Crippen LogP contribution in [0.15, 0.2) is 24.3 Å². The lowest BCUT2D eigenvalue weighted by atomic mass is 10.1. The highest BCUT2D eigenvalue weighted by Crippen LogP contribution is 2.31. The maximum Gasteiger partial charge on any atom is 0.302 e. The second-order valence-corrected chi connectivity index (χ2v) is 3.84.